The van der Waals surface area contributed by atoms with E-state index in [0.717, 1.165) is 42.8 Å². The molecule has 28 heavy (non-hydrogen) atoms. The normalized spacial score (nSPS) is 20.5. The molecule has 5 rings (SSSR count). The third kappa shape index (κ3) is 2.98. The first kappa shape index (κ1) is 17.7. The average Bonchev–Trinajstić information content (AvgIpc) is 3.17. The fourth-order valence-corrected chi connectivity index (χ4v) is 4.04. The maximum absolute atomic E-state index is 6.26. The van der Waals surface area contributed by atoms with Gasteiger partial charge in [-0.3, -0.25) is 4.68 Å². The minimum atomic E-state index is 0.206. The molecule has 0 amide bonds. The van der Waals surface area contributed by atoms with Crippen molar-refractivity contribution in [3.63, 3.8) is 0 Å². The molecule has 3 aromatic rings. The molecule has 1 N–H and O–H groups in total. The molecule has 10 heteroatoms. The Morgan fingerprint density at radius 2 is 2.07 bits per heavy atom. The van der Waals surface area contributed by atoms with Gasteiger partial charge in [0, 0.05) is 31.9 Å². The van der Waals surface area contributed by atoms with E-state index in [-0.39, 0.29) is 5.92 Å². The number of fused-ring (bicyclic) bond motifs is 2. The molecule has 148 valence electrons. The minimum Gasteiger partial charge on any atom is -0.475 e. The molecular formula is C18H22ClN7O2. The molecule has 2 bridgehead atoms. The molecule has 0 aliphatic carbocycles. The van der Waals surface area contributed by atoms with Gasteiger partial charge in [-0.1, -0.05) is 18.5 Å². The van der Waals surface area contributed by atoms with Gasteiger partial charge in [0.15, 0.2) is 10.8 Å². The molecule has 0 spiro atoms. The van der Waals surface area contributed by atoms with E-state index in [0.29, 0.717) is 41.8 Å². The number of hydrogen-bond donors (Lipinski definition) is 1. The Morgan fingerprint density at radius 3 is 2.89 bits per heavy atom. The molecule has 2 aliphatic heterocycles. The number of ether oxygens (including phenoxy) is 2. The van der Waals surface area contributed by atoms with Crippen molar-refractivity contribution in [1.29, 1.82) is 0 Å². The van der Waals surface area contributed by atoms with E-state index in [1.165, 1.54) is 0 Å². The second-order valence-electron chi connectivity index (χ2n) is 7.50. The first-order valence-electron chi connectivity index (χ1n) is 9.56. The quantitative estimate of drug-likeness (QED) is 0.667. The molecule has 5 heterocycles. The summed E-state index contributed by atoms with van der Waals surface area (Å²) in [6.07, 6.45) is 3.59. The van der Waals surface area contributed by atoms with E-state index in [2.05, 4.69) is 32.0 Å². The maximum Gasteiger partial charge on any atom is 0.257 e. The zero-order chi connectivity index (χ0) is 19.3. The van der Waals surface area contributed by atoms with Crippen molar-refractivity contribution in [2.75, 3.05) is 25.1 Å². The lowest BCUT2D eigenvalue weighted by Gasteiger charge is -2.23. The number of rotatable bonds is 1. The Morgan fingerprint density at radius 1 is 1.25 bits per heavy atom. The van der Waals surface area contributed by atoms with Crippen molar-refractivity contribution < 1.29 is 9.47 Å². The first-order valence-corrected chi connectivity index (χ1v) is 9.93. The van der Waals surface area contributed by atoms with Crippen LogP contribution < -0.4 is 10.1 Å². The Bertz CT molecular complexity index is 1020. The van der Waals surface area contributed by atoms with Gasteiger partial charge in [-0.25, -0.2) is 9.67 Å². The zero-order valence-corrected chi connectivity index (χ0v) is 16.6. The average molecular weight is 404 g/mol. The first-order chi connectivity index (χ1) is 13.6. The fourth-order valence-electron chi connectivity index (χ4n) is 3.81. The van der Waals surface area contributed by atoms with E-state index in [4.69, 9.17) is 26.2 Å². The predicted molar refractivity (Wildman–Crippen MR) is 104 cm³/mol. The second kappa shape index (κ2) is 6.89. The van der Waals surface area contributed by atoms with Gasteiger partial charge < -0.3 is 14.8 Å². The topological polar surface area (TPSA) is 91.9 Å². The van der Waals surface area contributed by atoms with E-state index in [9.17, 15) is 0 Å². The second-order valence-corrected chi connectivity index (χ2v) is 7.86. The van der Waals surface area contributed by atoms with Gasteiger partial charge >= 0.3 is 0 Å². The fraction of sp³-hybridized carbons (Fsp3) is 0.556. The number of nitrogens with zero attached hydrogens (tertiary/aromatic N) is 6. The van der Waals surface area contributed by atoms with Gasteiger partial charge in [-0.05, 0) is 19.8 Å². The van der Waals surface area contributed by atoms with Crippen LogP contribution in [0.3, 0.4) is 0 Å². The molecule has 2 aliphatic rings. The zero-order valence-electron chi connectivity index (χ0n) is 15.9. The predicted octanol–water partition coefficient (Wildman–Crippen LogP) is 3.11. The van der Waals surface area contributed by atoms with E-state index >= 15 is 0 Å². The molecule has 0 saturated carbocycles. The van der Waals surface area contributed by atoms with Crippen LogP contribution in [0.5, 0.6) is 5.88 Å². The van der Waals surface area contributed by atoms with Gasteiger partial charge in [-0.15, -0.1) is 5.10 Å². The summed E-state index contributed by atoms with van der Waals surface area (Å²) < 4.78 is 15.5. The van der Waals surface area contributed by atoms with E-state index in [1.807, 2.05) is 11.6 Å². The number of hydrogen-bond acceptors (Lipinski definition) is 7. The van der Waals surface area contributed by atoms with Crippen molar-refractivity contribution in [3.8, 4) is 5.88 Å². The van der Waals surface area contributed by atoms with Crippen LogP contribution in [0.1, 0.15) is 31.5 Å². The molecule has 1 fully saturated rings. The van der Waals surface area contributed by atoms with Crippen molar-refractivity contribution in [3.05, 3.63) is 17.0 Å². The summed E-state index contributed by atoms with van der Waals surface area (Å²) in [6, 6.07) is 0.306. The highest BCUT2D eigenvalue weighted by Crippen LogP contribution is 2.35. The molecule has 1 atom stereocenters. The summed E-state index contributed by atoms with van der Waals surface area (Å²) >= 11 is 6.26. The lowest BCUT2D eigenvalue weighted by Crippen LogP contribution is -2.21. The molecule has 1 saturated heterocycles. The van der Waals surface area contributed by atoms with Crippen LogP contribution in [0.2, 0.25) is 5.15 Å². The summed E-state index contributed by atoms with van der Waals surface area (Å²) in [5.74, 6) is 1.26. The van der Waals surface area contributed by atoms with Crippen LogP contribution in [0.25, 0.3) is 11.0 Å². The highest BCUT2D eigenvalue weighted by Gasteiger charge is 2.25. The van der Waals surface area contributed by atoms with Gasteiger partial charge in [0.25, 0.3) is 5.88 Å². The summed E-state index contributed by atoms with van der Waals surface area (Å²) in [5, 5.41) is 13.6. The largest absolute Gasteiger partial charge is 0.475 e. The summed E-state index contributed by atoms with van der Waals surface area (Å²) in [7, 11) is 0. The van der Waals surface area contributed by atoms with Gasteiger partial charge in [0.05, 0.1) is 23.7 Å². The molecule has 9 nitrogen and oxygen atoms in total. The highest BCUT2D eigenvalue weighted by molar-refractivity contribution is 6.34. The van der Waals surface area contributed by atoms with Gasteiger partial charge in [0.1, 0.15) is 5.69 Å². The van der Waals surface area contributed by atoms with Crippen LogP contribution in [-0.2, 0) is 11.3 Å². The monoisotopic (exact) mass is 403 g/mol. The third-order valence-corrected chi connectivity index (χ3v) is 5.60. The smallest absolute Gasteiger partial charge is 0.257 e. The van der Waals surface area contributed by atoms with Crippen molar-refractivity contribution in [2.24, 2.45) is 5.92 Å². The Balaban J connectivity index is 1.60. The summed E-state index contributed by atoms with van der Waals surface area (Å²) in [5.41, 5.74) is 2.52. The van der Waals surface area contributed by atoms with Crippen LogP contribution in [0.15, 0.2) is 6.20 Å². The third-order valence-electron chi connectivity index (χ3n) is 5.32. The standard InChI is InChI=1S/C18H22ClN7O2/c1-10-8-25-16-13(15(19)23-25)7-20-18(22-16)21-14-11(2)26(24-17(14)28-9-10)12-3-5-27-6-4-12/h7,10,12H,3-6,8-9H2,1-2H3,(H,20,21,22)/t10-/m1/s1. The van der Waals surface area contributed by atoms with E-state index < -0.39 is 0 Å². The minimum absolute atomic E-state index is 0.206. The van der Waals surface area contributed by atoms with Crippen molar-refractivity contribution in [2.45, 2.75) is 39.3 Å². The van der Waals surface area contributed by atoms with Crippen molar-refractivity contribution >= 4 is 34.3 Å². The number of aromatic nitrogens is 6. The van der Waals surface area contributed by atoms with Gasteiger partial charge in [-0.2, -0.15) is 10.1 Å². The maximum atomic E-state index is 6.26. The summed E-state index contributed by atoms with van der Waals surface area (Å²) in [6.45, 7) is 6.82. The highest BCUT2D eigenvalue weighted by atomic mass is 35.5. The van der Waals surface area contributed by atoms with Crippen LogP contribution in [0.4, 0.5) is 11.6 Å². The Kier molecular flexibility index (Phi) is 4.36. The van der Waals surface area contributed by atoms with Crippen LogP contribution in [0, 0.1) is 12.8 Å². The lowest BCUT2D eigenvalue weighted by molar-refractivity contribution is 0.0651. The molecule has 0 unspecified atom stereocenters. The van der Waals surface area contributed by atoms with E-state index in [1.54, 1.807) is 6.20 Å². The van der Waals surface area contributed by atoms with Crippen molar-refractivity contribution in [1.82, 2.24) is 29.5 Å². The molecule has 0 radical (unpaired) electrons. The number of halogens is 1. The SMILES string of the molecule is Cc1c2c(nn1C1CCOCC1)OC[C@H](C)Cn1nc(Cl)c3cnc(nc31)N2. The lowest BCUT2D eigenvalue weighted by atomic mass is 10.1. The van der Waals surface area contributed by atoms with Crippen LogP contribution in [-0.4, -0.2) is 49.3 Å². The van der Waals surface area contributed by atoms with Gasteiger partial charge in [0.2, 0.25) is 5.95 Å². The molecular weight excluding hydrogens is 382 g/mol. The number of anilines is 2. The van der Waals surface area contributed by atoms with Crippen LogP contribution >= 0.6 is 11.6 Å². The molecule has 3 aromatic heterocycles. The Labute approximate surface area is 167 Å². The summed E-state index contributed by atoms with van der Waals surface area (Å²) in [4.78, 5) is 9.07. The number of nitrogens with one attached hydrogen (secondary N) is 1. The molecule has 0 aromatic carbocycles. The Hall–Kier alpha value is -2.39.